The Morgan fingerprint density at radius 1 is 1.21 bits per heavy atom. The quantitative estimate of drug-likeness (QED) is 0.501. The van der Waals surface area contributed by atoms with Gasteiger partial charge in [-0.25, -0.2) is 9.59 Å². The lowest BCUT2D eigenvalue weighted by Gasteiger charge is -2.48. The lowest BCUT2D eigenvalue weighted by Crippen LogP contribution is -2.57. The molecule has 1 aliphatic heterocycles. The van der Waals surface area contributed by atoms with E-state index < -0.39 is 17.2 Å². The van der Waals surface area contributed by atoms with Crippen molar-refractivity contribution in [3.63, 3.8) is 0 Å². The van der Waals surface area contributed by atoms with Gasteiger partial charge >= 0.3 is 12.1 Å². The van der Waals surface area contributed by atoms with Crippen LogP contribution in [0, 0.1) is 11.3 Å². The van der Waals surface area contributed by atoms with Crippen LogP contribution in [0.1, 0.15) is 72.8 Å². The number of hydrogen-bond donors (Lipinski definition) is 2. The number of primary amides is 1. The van der Waals surface area contributed by atoms with E-state index in [-0.39, 0.29) is 36.2 Å². The van der Waals surface area contributed by atoms with Gasteiger partial charge in [0.2, 0.25) is 0 Å². The number of piperidine rings is 1. The van der Waals surface area contributed by atoms with E-state index in [1.54, 1.807) is 29.3 Å². The maximum absolute atomic E-state index is 13.0. The Hall–Kier alpha value is -3.23. The summed E-state index contributed by atoms with van der Waals surface area (Å²) < 4.78 is 11.5. The molecule has 3 amide bonds. The average molecular weight is 529 g/mol. The number of rotatable bonds is 6. The van der Waals surface area contributed by atoms with Crippen LogP contribution >= 0.6 is 0 Å². The van der Waals surface area contributed by atoms with Crippen LogP contribution in [0.4, 0.5) is 9.59 Å². The number of nitrogens with zero attached hydrogens (tertiary/aromatic N) is 3. The number of allylic oxidation sites excluding steroid dienone is 2. The first-order valence-electron chi connectivity index (χ1n) is 13.3. The van der Waals surface area contributed by atoms with E-state index >= 15 is 0 Å². The van der Waals surface area contributed by atoms with E-state index in [2.05, 4.69) is 4.98 Å². The number of carbonyl (C=O) groups is 2. The van der Waals surface area contributed by atoms with Gasteiger partial charge in [0.25, 0.3) is 0 Å². The van der Waals surface area contributed by atoms with E-state index in [4.69, 9.17) is 15.2 Å². The molecule has 0 spiro atoms. The Morgan fingerprint density at radius 3 is 2.37 bits per heavy atom. The molecule has 3 N–H and O–H groups in total. The predicted molar refractivity (Wildman–Crippen MR) is 146 cm³/mol. The van der Waals surface area contributed by atoms with Crippen LogP contribution in [-0.2, 0) is 16.0 Å². The highest BCUT2D eigenvalue weighted by Crippen LogP contribution is 2.47. The van der Waals surface area contributed by atoms with E-state index in [1.165, 1.54) is 0 Å². The minimum absolute atomic E-state index is 0.159. The van der Waals surface area contributed by atoms with Crippen LogP contribution in [-0.4, -0.2) is 63.4 Å². The van der Waals surface area contributed by atoms with E-state index in [0.717, 1.165) is 24.0 Å². The lowest BCUT2D eigenvalue weighted by atomic mass is 9.71. The molecule has 1 atom stereocenters. The Kier molecular flexibility index (Phi) is 8.68. The van der Waals surface area contributed by atoms with Crippen molar-refractivity contribution >= 4 is 12.1 Å². The van der Waals surface area contributed by atoms with Gasteiger partial charge in [0.05, 0.1) is 12.9 Å². The van der Waals surface area contributed by atoms with Gasteiger partial charge in [0.1, 0.15) is 16.9 Å². The van der Waals surface area contributed by atoms with Crippen molar-refractivity contribution < 1.29 is 24.2 Å². The minimum Gasteiger partial charge on any atom is -0.512 e. The zero-order valence-corrected chi connectivity index (χ0v) is 23.9. The summed E-state index contributed by atoms with van der Waals surface area (Å²) in [6.45, 7) is 13.0. The summed E-state index contributed by atoms with van der Waals surface area (Å²) in [6, 6.07) is 3.11. The molecule has 1 aromatic rings. The molecular formula is C29H44N4O5. The number of aliphatic hydroxyl groups is 1. The van der Waals surface area contributed by atoms with Crippen LogP contribution in [0.5, 0.6) is 0 Å². The van der Waals surface area contributed by atoms with Gasteiger partial charge in [-0.05, 0) is 74.6 Å². The number of nitrogens with two attached hydrogens (primary N) is 1. The molecule has 0 aromatic carbocycles. The van der Waals surface area contributed by atoms with Crippen molar-refractivity contribution in [2.45, 2.75) is 84.9 Å². The van der Waals surface area contributed by atoms with Gasteiger partial charge in [-0.15, -0.1) is 0 Å². The summed E-state index contributed by atoms with van der Waals surface area (Å²) in [4.78, 5) is 33.2. The molecule has 0 radical (unpaired) electrons. The summed E-state index contributed by atoms with van der Waals surface area (Å²) in [7, 11) is 1.59. The number of aromatic nitrogens is 1. The molecule has 1 fully saturated rings. The van der Waals surface area contributed by atoms with Gasteiger partial charge < -0.3 is 30.1 Å². The summed E-state index contributed by atoms with van der Waals surface area (Å²) in [6.07, 6.45) is 7.12. The van der Waals surface area contributed by atoms with Crippen molar-refractivity contribution in [1.29, 1.82) is 0 Å². The molecule has 1 unspecified atom stereocenters. The summed E-state index contributed by atoms with van der Waals surface area (Å²) in [5.41, 5.74) is 5.76. The van der Waals surface area contributed by atoms with Gasteiger partial charge in [0, 0.05) is 38.4 Å². The van der Waals surface area contributed by atoms with Gasteiger partial charge in [-0.3, -0.25) is 4.98 Å². The fourth-order valence-electron chi connectivity index (χ4n) is 5.46. The van der Waals surface area contributed by atoms with E-state index in [9.17, 15) is 14.7 Å². The third-order valence-electron chi connectivity index (χ3n) is 7.27. The zero-order chi connectivity index (χ0) is 28.3. The van der Waals surface area contributed by atoms with Crippen molar-refractivity contribution in [3.8, 4) is 0 Å². The Morgan fingerprint density at radius 2 is 1.87 bits per heavy atom. The number of methoxy groups -OCH3 is 1. The SMILES string of the molecule is COC1=CC(C(C)(C)C)=C(O)CC1(CC1CCN(C(=O)OC(C)(C)C)CC1)N(Cc1cccnc1)C(N)=O. The molecular weight excluding hydrogens is 484 g/mol. The number of ether oxygens (including phenoxy) is 2. The molecule has 0 bridgehead atoms. The molecule has 9 heteroatoms. The topological polar surface area (TPSA) is 118 Å². The van der Waals surface area contributed by atoms with Gasteiger partial charge in [-0.1, -0.05) is 26.8 Å². The Bertz CT molecular complexity index is 1060. The predicted octanol–water partition coefficient (Wildman–Crippen LogP) is 5.53. The highest BCUT2D eigenvalue weighted by atomic mass is 16.6. The van der Waals surface area contributed by atoms with Crippen molar-refractivity contribution in [2.24, 2.45) is 17.1 Å². The van der Waals surface area contributed by atoms with Crippen molar-refractivity contribution in [2.75, 3.05) is 20.2 Å². The maximum Gasteiger partial charge on any atom is 0.410 e. The minimum atomic E-state index is -0.992. The Balaban J connectivity index is 1.95. The number of likely N-dealkylation sites (tertiary alicyclic amines) is 1. The summed E-state index contributed by atoms with van der Waals surface area (Å²) >= 11 is 0. The van der Waals surface area contributed by atoms with Gasteiger partial charge in [-0.2, -0.15) is 0 Å². The van der Waals surface area contributed by atoms with Crippen molar-refractivity contribution in [1.82, 2.24) is 14.8 Å². The zero-order valence-electron chi connectivity index (χ0n) is 23.9. The molecule has 1 aromatic heterocycles. The number of amides is 3. The second kappa shape index (κ2) is 11.3. The molecule has 0 saturated carbocycles. The normalized spacial score (nSPS) is 21.1. The largest absolute Gasteiger partial charge is 0.512 e. The first-order valence-corrected chi connectivity index (χ1v) is 13.3. The highest BCUT2D eigenvalue weighted by Gasteiger charge is 2.49. The summed E-state index contributed by atoms with van der Waals surface area (Å²) in [5.74, 6) is 0.978. The molecule has 3 rings (SSSR count). The molecule has 1 aliphatic carbocycles. The molecule has 1 saturated heterocycles. The van der Waals surface area contributed by atoms with Crippen LogP contribution in [0.25, 0.3) is 0 Å². The molecule has 2 heterocycles. The van der Waals surface area contributed by atoms with E-state index in [0.29, 0.717) is 25.3 Å². The smallest absolute Gasteiger partial charge is 0.410 e. The molecule has 2 aliphatic rings. The lowest BCUT2D eigenvalue weighted by molar-refractivity contribution is 0.0120. The second-order valence-electron chi connectivity index (χ2n) is 12.4. The van der Waals surface area contributed by atoms with Crippen LogP contribution in [0.3, 0.4) is 0 Å². The maximum atomic E-state index is 13.0. The Labute approximate surface area is 226 Å². The number of hydrogen-bond acceptors (Lipinski definition) is 6. The number of urea groups is 1. The van der Waals surface area contributed by atoms with Crippen molar-refractivity contribution in [3.05, 3.63) is 53.3 Å². The fourth-order valence-corrected chi connectivity index (χ4v) is 5.46. The third kappa shape index (κ3) is 6.79. The first kappa shape index (κ1) is 29.3. The highest BCUT2D eigenvalue weighted by molar-refractivity contribution is 5.74. The molecule has 9 nitrogen and oxygen atoms in total. The number of pyridine rings is 1. The van der Waals surface area contributed by atoms with E-state index in [1.807, 2.05) is 59.8 Å². The molecule has 210 valence electrons. The standard InChI is InChI=1S/C29H44N4O5/c1-27(2,3)22-15-24(37-7)29(17-23(22)34,33(25(30)35)19-21-9-8-12-31-18-21)16-20-10-13-32(14-11-20)26(36)38-28(4,5)6/h8-9,12,15,18,20,34H,10-11,13-14,16-17,19H2,1-7H3,(H2,30,35). The first-order chi connectivity index (χ1) is 17.7. The van der Waals surface area contributed by atoms with Crippen LogP contribution < -0.4 is 5.73 Å². The monoisotopic (exact) mass is 528 g/mol. The summed E-state index contributed by atoms with van der Waals surface area (Å²) in [5, 5.41) is 11.3. The van der Waals surface area contributed by atoms with Crippen LogP contribution in [0.15, 0.2) is 47.7 Å². The number of aliphatic hydroxyl groups excluding tert-OH is 1. The van der Waals surface area contributed by atoms with Crippen LogP contribution in [0.2, 0.25) is 0 Å². The molecule has 38 heavy (non-hydrogen) atoms. The third-order valence-corrected chi connectivity index (χ3v) is 7.27. The fraction of sp³-hybridized carbons (Fsp3) is 0.621. The number of carbonyl (C=O) groups excluding carboxylic acids is 2. The van der Waals surface area contributed by atoms with Gasteiger partial charge in [0.15, 0.2) is 0 Å². The second-order valence-corrected chi connectivity index (χ2v) is 12.4. The average Bonchev–Trinajstić information content (AvgIpc) is 2.81.